The fourth-order valence-electron chi connectivity index (χ4n) is 4.49. The van der Waals surface area contributed by atoms with Crippen molar-refractivity contribution >= 4 is 22.8 Å². The van der Waals surface area contributed by atoms with E-state index in [-0.39, 0.29) is 35.7 Å². The number of benzene rings is 1. The number of para-hydroxylation sites is 1. The van der Waals surface area contributed by atoms with E-state index in [1.807, 2.05) is 26.0 Å². The van der Waals surface area contributed by atoms with E-state index in [2.05, 4.69) is 37.0 Å². The summed E-state index contributed by atoms with van der Waals surface area (Å²) in [7, 11) is 0. The topological polar surface area (TPSA) is 62.4 Å². The van der Waals surface area contributed by atoms with Crippen LogP contribution in [0.4, 0.5) is 0 Å². The maximum absolute atomic E-state index is 12.7. The van der Waals surface area contributed by atoms with E-state index < -0.39 is 0 Å². The van der Waals surface area contributed by atoms with Crippen LogP contribution in [-0.4, -0.2) is 34.9 Å². The van der Waals surface area contributed by atoms with Crippen molar-refractivity contribution in [3.05, 3.63) is 47.2 Å². The monoisotopic (exact) mass is 380 g/mol. The standard InChI is InChI=1S/C23H28N2O3/c1-14(2)11-17-21(23(17,3)4)22(27)28-13-20(26)25-10-9-19-16(12-25)15-7-5-6-8-18(15)24-19/h5-8,11,17,21,24H,9-10,12-13H2,1-4H3. The molecule has 0 bridgehead atoms. The number of rotatable bonds is 4. The van der Waals surface area contributed by atoms with Gasteiger partial charge in [-0.1, -0.05) is 43.7 Å². The smallest absolute Gasteiger partial charge is 0.310 e. The second-order valence-electron chi connectivity index (χ2n) is 8.87. The van der Waals surface area contributed by atoms with Crippen molar-refractivity contribution in [1.29, 1.82) is 0 Å². The summed E-state index contributed by atoms with van der Waals surface area (Å²) in [4.78, 5) is 30.4. The van der Waals surface area contributed by atoms with Crippen LogP contribution in [0.3, 0.4) is 0 Å². The van der Waals surface area contributed by atoms with Gasteiger partial charge in [0.15, 0.2) is 6.61 Å². The Labute approximate surface area is 165 Å². The van der Waals surface area contributed by atoms with Gasteiger partial charge in [0.2, 0.25) is 0 Å². The number of nitrogens with zero attached hydrogens (tertiary/aromatic N) is 1. The van der Waals surface area contributed by atoms with Crippen LogP contribution in [-0.2, 0) is 27.3 Å². The summed E-state index contributed by atoms with van der Waals surface area (Å²) in [6.07, 6.45) is 2.93. The molecule has 1 fully saturated rings. The number of carbonyl (C=O) groups is 2. The first-order chi connectivity index (χ1) is 13.3. The summed E-state index contributed by atoms with van der Waals surface area (Å²) in [5.74, 6) is -0.340. The number of amides is 1. The number of H-pyrrole nitrogens is 1. The third-order valence-electron chi connectivity index (χ3n) is 6.25. The van der Waals surface area contributed by atoms with E-state index in [9.17, 15) is 9.59 Å². The lowest BCUT2D eigenvalue weighted by molar-refractivity contribution is -0.154. The van der Waals surface area contributed by atoms with Gasteiger partial charge in [-0.05, 0) is 31.2 Å². The minimum atomic E-state index is -0.259. The zero-order valence-corrected chi connectivity index (χ0v) is 17.0. The molecule has 5 nitrogen and oxygen atoms in total. The quantitative estimate of drug-likeness (QED) is 0.648. The Kier molecular flexibility index (Phi) is 4.56. The molecule has 5 heteroatoms. The third-order valence-corrected chi connectivity index (χ3v) is 6.25. The maximum atomic E-state index is 12.7. The fraction of sp³-hybridized carbons (Fsp3) is 0.478. The molecule has 1 N–H and O–H groups in total. The zero-order chi connectivity index (χ0) is 20.1. The number of esters is 1. The van der Waals surface area contributed by atoms with Crippen LogP contribution >= 0.6 is 0 Å². The van der Waals surface area contributed by atoms with Crippen LogP contribution in [0.25, 0.3) is 10.9 Å². The Morgan fingerprint density at radius 3 is 2.79 bits per heavy atom. The first-order valence-electron chi connectivity index (χ1n) is 9.97. The van der Waals surface area contributed by atoms with Gasteiger partial charge in [0.05, 0.1) is 5.92 Å². The van der Waals surface area contributed by atoms with Crippen LogP contribution in [0.2, 0.25) is 0 Å². The Morgan fingerprint density at radius 1 is 1.29 bits per heavy atom. The molecule has 1 aliphatic carbocycles. The molecule has 28 heavy (non-hydrogen) atoms. The van der Waals surface area contributed by atoms with E-state index in [1.165, 1.54) is 16.8 Å². The van der Waals surface area contributed by atoms with Gasteiger partial charge in [-0.2, -0.15) is 0 Å². The van der Waals surface area contributed by atoms with Crippen LogP contribution in [0, 0.1) is 17.3 Å². The number of ether oxygens (including phenoxy) is 1. The second kappa shape index (κ2) is 6.80. The zero-order valence-electron chi connectivity index (χ0n) is 17.0. The molecule has 2 aromatic rings. The normalized spacial score (nSPS) is 22.5. The number of allylic oxidation sites excluding steroid dienone is 2. The van der Waals surface area contributed by atoms with Crippen LogP contribution in [0.15, 0.2) is 35.9 Å². The van der Waals surface area contributed by atoms with Gasteiger partial charge < -0.3 is 14.6 Å². The molecular formula is C23H28N2O3. The highest BCUT2D eigenvalue weighted by molar-refractivity contribution is 5.87. The molecule has 4 rings (SSSR count). The Balaban J connectivity index is 1.37. The van der Waals surface area contributed by atoms with Gasteiger partial charge in [0.25, 0.3) is 5.91 Å². The van der Waals surface area contributed by atoms with Gasteiger partial charge >= 0.3 is 5.97 Å². The number of fused-ring (bicyclic) bond motifs is 3. The van der Waals surface area contributed by atoms with Crippen molar-refractivity contribution in [2.24, 2.45) is 17.3 Å². The molecule has 2 atom stereocenters. The lowest BCUT2D eigenvalue weighted by atomic mass is 10.0. The first-order valence-corrected chi connectivity index (χ1v) is 9.97. The number of aromatic amines is 1. The summed E-state index contributed by atoms with van der Waals surface area (Å²) < 4.78 is 5.42. The minimum Gasteiger partial charge on any atom is -0.455 e. The molecule has 148 valence electrons. The van der Waals surface area contributed by atoms with Gasteiger partial charge in [-0.15, -0.1) is 0 Å². The predicted octanol–water partition coefficient (Wildman–Crippen LogP) is 3.83. The maximum Gasteiger partial charge on any atom is 0.310 e. The predicted molar refractivity (Wildman–Crippen MR) is 109 cm³/mol. The Morgan fingerprint density at radius 2 is 2.04 bits per heavy atom. The SMILES string of the molecule is CC(C)=CC1C(C(=O)OCC(=O)N2CCc3[nH]c4ccccc4c3C2)C1(C)C. The van der Waals surface area contributed by atoms with Crippen LogP contribution < -0.4 is 0 Å². The van der Waals surface area contributed by atoms with Crippen LogP contribution in [0.5, 0.6) is 0 Å². The minimum absolute atomic E-state index is 0.0958. The van der Waals surface area contributed by atoms with E-state index in [4.69, 9.17) is 4.74 Å². The highest BCUT2D eigenvalue weighted by Gasteiger charge is 2.61. The summed E-state index contributed by atoms with van der Waals surface area (Å²) >= 11 is 0. The molecule has 1 saturated carbocycles. The van der Waals surface area contributed by atoms with Gasteiger partial charge in [0, 0.05) is 41.7 Å². The molecule has 1 aromatic carbocycles. The highest BCUT2D eigenvalue weighted by Crippen LogP contribution is 2.59. The molecule has 2 unspecified atom stereocenters. The highest BCUT2D eigenvalue weighted by atomic mass is 16.5. The summed E-state index contributed by atoms with van der Waals surface area (Å²) in [5.41, 5.74) is 4.59. The fourth-order valence-corrected chi connectivity index (χ4v) is 4.49. The number of hydrogen-bond acceptors (Lipinski definition) is 3. The van der Waals surface area contributed by atoms with Crippen molar-refractivity contribution in [2.45, 2.75) is 40.7 Å². The molecular weight excluding hydrogens is 352 g/mol. The second-order valence-corrected chi connectivity index (χ2v) is 8.87. The van der Waals surface area contributed by atoms with Gasteiger partial charge in [0.1, 0.15) is 0 Å². The van der Waals surface area contributed by atoms with E-state index in [0.717, 1.165) is 17.3 Å². The van der Waals surface area contributed by atoms with E-state index in [1.54, 1.807) is 4.90 Å². The summed E-state index contributed by atoms with van der Waals surface area (Å²) in [6.45, 7) is 9.26. The van der Waals surface area contributed by atoms with Crippen molar-refractivity contribution in [1.82, 2.24) is 9.88 Å². The largest absolute Gasteiger partial charge is 0.455 e. The Bertz CT molecular complexity index is 965. The average Bonchev–Trinajstić information content (AvgIpc) is 3.01. The average molecular weight is 380 g/mol. The molecule has 0 spiro atoms. The lowest BCUT2D eigenvalue weighted by Gasteiger charge is -2.27. The van der Waals surface area contributed by atoms with Gasteiger partial charge in [-0.25, -0.2) is 0 Å². The molecule has 0 saturated heterocycles. The molecule has 1 aliphatic heterocycles. The molecule has 2 aliphatic rings. The molecule has 1 aromatic heterocycles. The Hall–Kier alpha value is -2.56. The van der Waals surface area contributed by atoms with Crippen molar-refractivity contribution < 1.29 is 14.3 Å². The number of hydrogen-bond donors (Lipinski definition) is 1. The molecule has 0 radical (unpaired) electrons. The molecule has 1 amide bonds. The number of carbonyl (C=O) groups excluding carboxylic acids is 2. The van der Waals surface area contributed by atoms with E-state index >= 15 is 0 Å². The van der Waals surface area contributed by atoms with Crippen molar-refractivity contribution in [3.8, 4) is 0 Å². The summed E-state index contributed by atoms with van der Waals surface area (Å²) in [6, 6.07) is 8.16. The third kappa shape index (κ3) is 3.23. The van der Waals surface area contributed by atoms with Crippen molar-refractivity contribution in [2.75, 3.05) is 13.2 Å². The van der Waals surface area contributed by atoms with E-state index in [0.29, 0.717) is 13.1 Å². The summed E-state index contributed by atoms with van der Waals surface area (Å²) in [5, 5.41) is 1.16. The van der Waals surface area contributed by atoms with Crippen molar-refractivity contribution in [3.63, 3.8) is 0 Å². The lowest BCUT2D eigenvalue weighted by Crippen LogP contribution is -2.38. The van der Waals surface area contributed by atoms with Crippen LogP contribution in [0.1, 0.15) is 39.0 Å². The number of nitrogens with one attached hydrogen (secondary N) is 1. The molecule has 2 heterocycles. The first kappa shape index (κ1) is 18.8. The number of aromatic nitrogens is 1. The van der Waals surface area contributed by atoms with Gasteiger partial charge in [-0.3, -0.25) is 9.59 Å².